The van der Waals surface area contributed by atoms with Crippen LogP contribution in [0.2, 0.25) is 0 Å². The molecule has 0 aliphatic heterocycles. The molecule has 4 rings (SSSR count). The number of aryl methyl sites for hydroxylation is 1. The number of nitrogens with zero attached hydrogens (tertiary/aromatic N) is 1. The Kier molecular flexibility index (Phi) is 5.59. The molecule has 0 saturated heterocycles. The second-order valence-electron chi connectivity index (χ2n) is 7.03. The number of carbonyl (C=O) groups is 2. The van der Waals surface area contributed by atoms with E-state index >= 15 is 0 Å². The van der Waals surface area contributed by atoms with E-state index in [-0.39, 0.29) is 12.5 Å². The molecule has 1 aliphatic carbocycles. The smallest absolute Gasteiger partial charge is 0.262 e. The van der Waals surface area contributed by atoms with Crippen molar-refractivity contribution in [2.45, 2.75) is 32.1 Å². The van der Waals surface area contributed by atoms with Crippen molar-refractivity contribution in [3.05, 3.63) is 58.0 Å². The lowest BCUT2D eigenvalue weighted by atomic mass is 10.0. The second kappa shape index (κ2) is 8.46. The van der Waals surface area contributed by atoms with Crippen LogP contribution in [0, 0.1) is 11.3 Å². The molecule has 0 saturated carbocycles. The summed E-state index contributed by atoms with van der Waals surface area (Å²) >= 11 is 1.49. The average Bonchev–Trinajstić information content (AvgIpc) is 2.90. The third kappa shape index (κ3) is 3.87. The number of carbonyl (C=O) groups excluding carboxylic acids is 2. The van der Waals surface area contributed by atoms with Gasteiger partial charge in [-0.15, -0.1) is 11.3 Å². The predicted octanol–water partition coefficient (Wildman–Crippen LogP) is 4.87. The van der Waals surface area contributed by atoms with E-state index in [1.54, 1.807) is 6.07 Å². The highest BCUT2D eigenvalue weighted by atomic mass is 32.1. The van der Waals surface area contributed by atoms with Gasteiger partial charge in [-0.05, 0) is 48.1 Å². The summed E-state index contributed by atoms with van der Waals surface area (Å²) in [5, 5.41) is 14.7. The SMILES string of the molecule is N#Cc1c(NC(=O)COc2ccc3ccccc3c2C=O)sc2c1CCCCC2. The van der Waals surface area contributed by atoms with Crippen LogP contribution in [0.25, 0.3) is 10.8 Å². The molecule has 1 N–H and O–H groups in total. The molecule has 0 radical (unpaired) electrons. The van der Waals surface area contributed by atoms with E-state index in [1.165, 1.54) is 22.6 Å². The van der Waals surface area contributed by atoms with Crippen LogP contribution in [0.4, 0.5) is 5.00 Å². The Bertz CT molecular complexity index is 1130. The number of aldehydes is 1. The van der Waals surface area contributed by atoms with E-state index in [9.17, 15) is 14.9 Å². The maximum Gasteiger partial charge on any atom is 0.262 e. The minimum absolute atomic E-state index is 0.230. The summed E-state index contributed by atoms with van der Waals surface area (Å²) in [6.07, 6.45) is 5.96. The maximum absolute atomic E-state index is 12.5. The molecular formula is C23H20N2O3S. The molecule has 1 aromatic heterocycles. The Morgan fingerprint density at radius 2 is 2.00 bits per heavy atom. The fraction of sp³-hybridized carbons (Fsp3) is 0.261. The molecule has 29 heavy (non-hydrogen) atoms. The molecule has 1 amide bonds. The van der Waals surface area contributed by atoms with Crippen LogP contribution in [-0.2, 0) is 17.6 Å². The second-order valence-corrected chi connectivity index (χ2v) is 8.14. The van der Waals surface area contributed by atoms with E-state index in [4.69, 9.17) is 4.74 Å². The molecule has 2 aromatic carbocycles. The first-order valence-corrected chi connectivity index (χ1v) is 10.5. The number of rotatable bonds is 5. The Balaban J connectivity index is 1.50. The van der Waals surface area contributed by atoms with Crippen molar-refractivity contribution in [1.82, 2.24) is 0 Å². The molecule has 146 valence electrons. The molecule has 3 aromatic rings. The van der Waals surface area contributed by atoms with Crippen molar-refractivity contribution in [2.24, 2.45) is 0 Å². The van der Waals surface area contributed by atoms with Gasteiger partial charge in [0.25, 0.3) is 5.91 Å². The molecule has 0 bridgehead atoms. The zero-order valence-corrected chi connectivity index (χ0v) is 16.7. The van der Waals surface area contributed by atoms with Crippen LogP contribution in [0.3, 0.4) is 0 Å². The first-order valence-electron chi connectivity index (χ1n) is 9.65. The van der Waals surface area contributed by atoms with Gasteiger partial charge in [0, 0.05) is 4.88 Å². The number of nitrogens with one attached hydrogen (secondary N) is 1. The number of amides is 1. The van der Waals surface area contributed by atoms with Crippen molar-refractivity contribution in [3.8, 4) is 11.8 Å². The van der Waals surface area contributed by atoms with Gasteiger partial charge in [-0.25, -0.2) is 0 Å². The predicted molar refractivity (Wildman–Crippen MR) is 114 cm³/mol. The largest absolute Gasteiger partial charge is 0.483 e. The fourth-order valence-electron chi connectivity index (χ4n) is 3.78. The van der Waals surface area contributed by atoms with E-state index < -0.39 is 0 Å². The number of hydrogen-bond donors (Lipinski definition) is 1. The van der Waals surface area contributed by atoms with Gasteiger partial charge in [0.15, 0.2) is 12.9 Å². The Hall–Kier alpha value is -3.17. The lowest BCUT2D eigenvalue weighted by Crippen LogP contribution is -2.20. The van der Waals surface area contributed by atoms with E-state index in [0.29, 0.717) is 21.9 Å². The van der Waals surface area contributed by atoms with Crippen molar-refractivity contribution >= 4 is 39.3 Å². The molecule has 0 unspecified atom stereocenters. The van der Waals surface area contributed by atoms with Crippen molar-refractivity contribution in [3.63, 3.8) is 0 Å². The van der Waals surface area contributed by atoms with Crippen LogP contribution < -0.4 is 10.1 Å². The Morgan fingerprint density at radius 1 is 1.17 bits per heavy atom. The van der Waals surface area contributed by atoms with Crippen molar-refractivity contribution in [2.75, 3.05) is 11.9 Å². The molecule has 6 heteroatoms. The van der Waals surface area contributed by atoms with Gasteiger partial charge >= 0.3 is 0 Å². The standard InChI is InChI=1S/C23H20N2O3S/c24-12-18-17-8-2-1-3-9-21(17)29-23(18)25-22(27)14-28-20-11-10-15-6-4-5-7-16(15)19(20)13-26/h4-7,10-11,13H,1-3,8-9,14H2,(H,25,27). The highest BCUT2D eigenvalue weighted by Gasteiger charge is 2.21. The van der Waals surface area contributed by atoms with Gasteiger partial charge in [-0.1, -0.05) is 36.8 Å². The molecule has 1 aliphatic rings. The molecule has 0 atom stereocenters. The molecule has 0 fully saturated rings. The van der Waals surface area contributed by atoms with Gasteiger partial charge < -0.3 is 10.1 Å². The van der Waals surface area contributed by atoms with Gasteiger partial charge in [-0.2, -0.15) is 5.26 Å². The normalized spacial score (nSPS) is 13.2. The summed E-state index contributed by atoms with van der Waals surface area (Å²) in [5.74, 6) is 0.0271. The Morgan fingerprint density at radius 3 is 2.83 bits per heavy atom. The summed E-state index contributed by atoms with van der Waals surface area (Å²) in [6, 6.07) is 13.4. The first-order chi connectivity index (χ1) is 14.2. The zero-order valence-electron chi connectivity index (χ0n) is 15.9. The lowest BCUT2D eigenvalue weighted by molar-refractivity contribution is -0.118. The summed E-state index contributed by atoms with van der Waals surface area (Å²) in [7, 11) is 0. The summed E-state index contributed by atoms with van der Waals surface area (Å²) < 4.78 is 5.64. The van der Waals surface area contributed by atoms with Gasteiger partial charge in [-0.3, -0.25) is 9.59 Å². The highest BCUT2D eigenvalue weighted by Crippen LogP contribution is 2.37. The highest BCUT2D eigenvalue weighted by molar-refractivity contribution is 7.16. The number of hydrogen-bond acceptors (Lipinski definition) is 5. The number of anilines is 1. The van der Waals surface area contributed by atoms with E-state index in [1.807, 2.05) is 30.3 Å². The Labute approximate surface area is 172 Å². The summed E-state index contributed by atoms with van der Waals surface area (Å²) in [6.45, 7) is -0.230. The van der Waals surface area contributed by atoms with E-state index in [0.717, 1.165) is 48.3 Å². The van der Waals surface area contributed by atoms with Crippen molar-refractivity contribution in [1.29, 1.82) is 5.26 Å². The minimum atomic E-state index is -0.345. The van der Waals surface area contributed by atoms with Crippen LogP contribution in [0.1, 0.15) is 45.6 Å². The number of nitriles is 1. The summed E-state index contributed by atoms with van der Waals surface area (Å²) in [5.41, 5.74) is 2.10. The number of benzene rings is 2. The lowest BCUT2D eigenvalue weighted by Gasteiger charge is -2.11. The van der Waals surface area contributed by atoms with Gasteiger partial charge in [0.05, 0.1) is 11.1 Å². The van der Waals surface area contributed by atoms with E-state index in [2.05, 4.69) is 11.4 Å². The monoisotopic (exact) mass is 404 g/mol. The molecule has 0 spiro atoms. The van der Waals surface area contributed by atoms with Crippen LogP contribution >= 0.6 is 11.3 Å². The third-order valence-corrected chi connectivity index (χ3v) is 6.40. The molecule has 5 nitrogen and oxygen atoms in total. The molecular weight excluding hydrogens is 384 g/mol. The maximum atomic E-state index is 12.5. The van der Waals surface area contributed by atoms with Gasteiger partial charge in [0.2, 0.25) is 0 Å². The quantitative estimate of drug-likeness (QED) is 0.486. The van der Waals surface area contributed by atoms with Crippen molar-refractivity contribution < 1.29 is 14.3 Å². The van der Waals surface area contributed by atoms with Crippen LogP contribution in [0.5, 0.6) is 5.75 Å². The summed E-state index contributed by atoms with van der Waals surface area (Å²) in [4.78, 5) is 25.3. The number of thiophene rings is 1. The topological polar surface area (TPSA) is 79.2 Å². The number of ether oxygens (including phenoxy) is 1. The molecule has 1 heterocycles. The van der Waals surface area contributed by atoms with Crippen LogP contribution in [-0.4, -0.2) is 18.8 Å². The fourth-order valence-corrected chi connectivity index (χ4v) is 5.03. The van der Waals surface area contributed by atoms with Gasteiger partial charge in [0.1, 0.15) is 16.8 Å². The third-order valence-electron chi connectivity index (χ3n) is 5.19. The average molecular weight is 404 g/mol. The van der Waals surface area contributed by atoms with Crippen LogP contribution in [0.15, 0.2) is 36.4 Å². The number of fused-ring (bicyclic) bond motifs is 2. The first kappa shape index (κ1) is 19.2. The minimum Gasteiger partial charge on any atom is -0.483 e. The zero-order chi connectivity index (χ0) is 20.2.